The van der Waals surface area contributed by atoms with Crippen LogP contribution in [-0.2, 0) is 0 Å². The first-order chi connectivity index (χ1) is 4.72. The van der Waals surface area contributed by atoms with E-state index in [1.807, 2.05) is 0 Å². The molecule has 0 bridgehead atoms. The lowest BCUT2D eigenvalue weighted by Crippen LogP contribution is -2.35. The lowest BCUT2D eigenvalue weighted by Gasteiger charge is -2.14. The van der Waals surface area contributed by atoms with E-state index in [4.69, 9.17) is 0 Å². The van der Waals surface area contributed by atoms with Crippen LogP contribution in [0.4, 0.5) is 0 Å². The van der Waals surface area contributed by atoms with Crippen molar-refractivity contribution in [3.63, 3.8) is 0 Å². The molecule has 0 radical (unpaired) electrons. The predicted octanol–water partition coefficient (Wildman–Crippen LogP) is 0.742. The molecule has 0 aliphatic carbocycles. The van der Waals surface area contributed by atoms with Gasteiger partial charge in [0.05, 0.1) is 0 Å². The minimum absolute atomic E-state index is 0.537. The molecule has 1 aliphatic rings. The highest BCUT2D eigenvalue weighted by Crippen LogP contribution is 2.10. The molecule has 0 spiro atoms. The van der Waals surface area contributed by atoms with Crippen LogP contribution in [0.2, 0.25) is 0 Å². The maximum Gasteiger partial charge on any atom is 0.115 e. The number of hydrogen-bond donors (Lipinski definition) is 2. The molecule has 3 nitrogen and oxygen atoms in total. The van der Waals surface area contributed by atoms with Gasteiger partial charge in [-0.25, -0.2) is 5.43 Å². The molecule has 3 heteroatoms. The minimum Gasteiger partial charge on any atom is -0.308 e. The van der Waals surface area contributed by atoms with Crippen LogP contribution in [-0.4, -0.2) is 12.5 Å². The summed E-state index contributed by atoms with van der Waals surface area (Å²) in [6, 6.07) is 0. The van der Waals surface area contributed by atoms with Crippen molar-refractivity contribution < 1.29 is 0 Å². The quantitative estimate of drug-likeness (QED) is 0.595. The topological polar surface area (TPSA) is 36.4 Å². The van der Waals surface area contributed by atoms with Crippen molar-refractivity contribution >= 4 is 5.84 Å². The number of hydrogen-bond acceptors (Lipinski definition) is 3. The molecule has 0 amide bonds. The highest BCUT2D eigenvalue weighted by Gasteiger charge is 2.16. The van der Waals surface area contributed by atoms with Gasteiger partial charge in [0.2, 0.25) is 0 Å². The third-order valence-electron chi connectivity index (χ3n) is 1.98. The van der Waals surface area contributed by atoms with Gasteiger partial charge < -0.3 is 5.43 Å². The van der Waals surface area contributed by atoms with Gasteiger partial charge in [-0.2, -0.15) is 0 Å². The van der Waals surface area contributed by atoms with Gasteiger partial charge in [0.15, 0.2) is 0 Å². The Hall–Kier alpha value is -0.570. The zero-order chi connectivity index (χ0) is 7.56. The summed E-state index contributed by atoms with van der Waals surface area (Å²) in [4.78, 5) is 4.25. The largest absolute Gasteiger partial charge is 0.308 e. The highest BCUT2D eigenvalue weighted by atomic mass is 15.5. The molecular weight excluding hydrogens is 126 g/mol. The number of aliphatic imine (C=N–C) groups is 1. The fourth-order valence-electron chi connectivity index (χ4n) is 0.868. The molecule has 2 N–H and O–H groups in total. The highest BCUT2D eigenvalue weighted by molar-refractivity contribution is 5.85. The van der Waals surface area contributed by atoms with Crippen LogP contribution in [0.25, 0.3) is 0 Å². The Kier molecular flexibility index (Phi) is 2.27. The number of amidine groups is 1. The van der Waals surface area contributed by atoms with Crippen molar-refractivity contribution in [2.45, 2.75) is 20.8 Å². The molecule has 58 valence electrons. The lowest BCUT2D eigenvalue weighted by atomic mass is 9.97. The molecule has 1 unspecified atom stereocenters. The van der Waals surface area contributed by atoms with E-state index in [0.717, 1.165) is 5.84 Å². The molecule has 1 aliphatic heterocycles. The Labute approximate surface area is 61.9 Å². The number of hydrazine groups is 1. The molecule has 0 aromatic heterocycles. The first kappa shape index (κ1) is 7.54. The summed E-state index contributed by atoms with van der Waals surface area (Å²) in [7, 11) is 0. The molecule has 10 heavy (non-hydrogen) atoms. The fourth-order valence-corrected chi connectivity index (χ4v) is 0.868. The number of nitrogens with one attached hydrogen (secondary N) is 2. The normalized spacial score (nSPS) is 20.6. The van der Waals surface area contributed by atoms with Gasteiger partial charge >= 0.3 is 0 Å². The smallest absolute Gasteiger partial charge is 0.115 e. The molecule has 1 atom stereocenters. The lowest BCUT2D eigenvalue weighted by molar-refractivity contribution is 0.519. The maximum atomic E-state index is 4.25. The zero-order valence-electron chi connectivity index (χ0n) is 6.81. The second-order valence-corrected chi connectivity index (χ2v) is 3.04. The Morgan fingerprint density at radius 2 is 2.10 bits per heavy atom. The molecular formula is C7H15N3. The summed E-state index contributed by atoms with van der Waals surface area (Å²) in [6.45, 7) is 7.30. The average molecular weight is 141 g/mol. The molecule has 0 aromatic rings. The van der Waals surface area contributed by atoms with E-state index in [-0.39, 0.29) is 0 Å². The molecule has 1 rings (SSSR count). The van der Waals surface area contributed by atoms with E-state index in [2.05, 4.69) is 36.6 Å². The van der Waals surface area contributed by atoms with Gasteiger partial charge in [-0.15, -0.1) is 0 Å². The van der Waals surface area contributed by atoms with E-state index in [1.54, 1.807) is 0 Å². The van der Waals surface area contributed by atoms with Crippen molar-refractivity contribution in [2.24, 2.45) is 16.8 Å². The third kappa shape index (κ3) is 1.48. The summed E-state index contributed by atoms with van der Waals surface area (Å²) >= 11 is 0. The fraction of sp³-hybridized carbons (Fsp3) is 0.857. The van der Waals surface area contributed by atoms with Gasteiger partial charge in [-0.05, 0) is 5.92 Å². The monoisotopic (exact) mass is 141 g/mol. The Bertz CT molecular complexity index is 140. The van der Waals surface area contributed by atoms with Crippen LogP contribution in [0, 0.1) is 11.8 Å². The van der Waals surface area contributed by atoms with Crippen molar-refractivity contribution in [1.29, 1.82) is 0 Å². The summed E-state index contributed by atoms with van der Waals surface area (Å²) < 4.78 is 0. The summed E-state index contributed by atoms with van der Waals surface area (Å²) in [5.41, 5.74) is 5.99. The predicted molar refractivity (Wildman–Crippen MR) is 42.6 cm³/mol. The van der Waals surface area contributed by atoms with Crippen LogP contribution in [0.3, 0.4) is 0 Å². The van der Waals surface area contributed by atoms with Crippen LogP contribution >= 0.6 is 0 Å². The molecule has 0 aromatic carbocycles. The van der Waals surface area contributed by atoms with Crippen molar-refractivity contribution in [3.05, 3.63) is 0 Å². The Morgan fingerprint density at radius 3 is 2.50 bits per heavy atom. The van der Waals surface area contributed by atoms with Gasteiger partial charge in [-0.3, -0.25) is 4.99 Å². The summed E-state index contributed by atoms with van der Waals surface area (Å²) in [5.74, 6) is 2.29. The van der Waals surface area contributed by atoms with Gasteiger partial charge in [0.1, 0.15) is 12.5 Å². The van der Waals surface area contributed by atoms with Crippen LogP contribution in [0.15, 0.2) is 4.99 Å². The molecule has 0 fully saturated rings. The minimum atomic E-state index is 0.537. The van der Waals surface area contributed by atoms with Crippen molar-refractivity contribution in [2.75, 3.05) is 6.67 Å². The number of nitrogens with zero attached hydrogens (tertiary/aromatic N) is 1. The SMILES string of the molecule is CC(C)C(C)C1=NCNN1. The van der Waals surface area contributed by atoms with Gasteiger partial charge in [0, 0.05) is 5.92 Å². The van der Waals surface area contributed by atoms with Crippen LogP contribution in [0.5, 0.6) is 0 Å². The maximum absolute atomic E-state index is 4.25. The molecule has 1 heterocycles. The standard InChI is InChI=1S/C7H15N3/c1-5(2)6(3)7-8-4-9-10-7/h5-6,9H,4H2,1-3H3,(H,8,10). The van der Waals surface area contributed by atoms with Gasteiger partial charge in [-0.1, -0.05) is 20.8 Å². The summed E-state index contributed by atoms with van der Waals surface area (Å²) in [5, 5.41) is 0. The average Bonchev–Trinajstić information content (AvgIpc) is 2.36. The van der Waals surface area contributed by atoms with Crippen molar-refractivity contribution in [1.82, 2.24) is 10.9 Å². The van der Waals surface area contributed by atoms with Crippen molar-refractivity contribution in [3.8, 4) is 0 Å². The van der Waals surface area contributed by atoms with E-state index in [0.29, 0.717) is 18.5 Å². The summed E-state index contributed by atoms with van der Waals surface area (Å²) in [6.07, 6.45) is 0. The first-order valence-corrected chi connectivity index (χ1v) is 3.75. The molecule has 0 saturated heterocycles. The number of rotatable bonds is 2. The molecule has 0 saturated carbocycles. The van der Waals surface area contributed by atoms with E-state index in [1.165, 1.54) is 0 Å². The third-order valence-corrected chi connectivity index (χ3v) is 1.98. The zero-order valence-corrected chi connectivity index (χ0v) is 6.81. The van der Waals surface area contributed by atoms with Crippen LogP contribution < -0.4 is 10.9 Å². The van der Waals surface area contributed by atoms with Gasteiger partial charge in [0.25, 0.3) is 0 Å². The second-order valence-electron chi connectivity index (χ2n) is 3.04. The van der Waals surface area contributed by atoms with E-state index < -0.39 is 0 Å². The first-order valence-electron chi connectivity index (χ1n) is 3.75. The Balaban J connectivity index is 2.47. The Morgan fingerprint density at radius 1 is 1.40 bits per heavy atom. The van der Waals surface area contributed by atoms with E-state index in [9.17, 15) is 0 Å². The van der Waals surface area contributed by atoms with Crippen LogP contribution in [0.1, 0.15) is 20.8 Å². The second kappa shape index (κ2) is 3.01. The van der Waals surface area contributed by atoms with E-state index >= 15 is 0 Å².